The first-order chi connectivity index (χ1) is 21.9. The van der Waals surface area contributed by atoms with Gasteiger partial charge in [0.15, 0.2) is 0 Å². The number of thioether (sulfide) groups is 1. The van der Waals surface area contributed by atoms with Crippen molar-refractivity contribution < 1.29 is 40.8 Å². The number of nitrogens with zero attached hydrogens (tertiary/aromatic N) is 5. The number of carbonyl (C=O) groups is 1. The molecule has 0 aliphatic carbocycles. The van der Waals surface area contributed by atoms with Gasteiger partial charge in [0.05, 0.1) is 12.2 Å². The summed E-state index contributed by atoms with van der Waals surface area (Å²) in [6.07, 6.45) is 18.4. The van der Waals surface area contributed by atoms with E-state index < -0.39 is 42.2 Å². The van der Waals surface area contributed by atoms with Gasteiger partial charge in [0.1, 0.15) is 0 Å². The molecule has 0 radical (unpaired) electrons. The first kappa shape index (κ1) is 93.0. The first-order valence-electron chi connectivity index (χ1n) is 10.5. The van der Waals surface area contributed by atoms with Crippen molar-refractivity contribution in [2.45, 2.75) is 21.0 Å². The van der Waals surface area contributed by atoms with Crippen LogP contribution in [0.5, 0.6) is 0 Å². The summed E-state index contributed by atoms with van der Waals surface area (Å²) < 4.78 is 78.0. The van der Waals surface area contributed by atoms with Crippen molar-refractivity contribution in [1.29, 1.82) is 20.1 Å². The third-order valence-electron chi connectivity index (χ3n) is 0.992. The summed E-state index contributed by atoms with van der Waals surface area (Å²) in [7, 11) is -4.70. The molecule has 0 aromatic heterocycles. The molecule has 2 N–H and O–H groups in total. The predicted octanol–water partition coefficient (Wildman–Crippen LogP) is 13.4. The molecule has 0 saturated carbocycles. The van der Waals surface area contributed by atoms with Crippen LogP contribution in [0.25, 0.3) is 0 Å². The summed E-state index contributed by atoms with van der Waals surface area (Å²) >= 11 is 22.7. The number of nitriles is 2. The Morgan fingerprint density at radius 3 is 1.08 bits per heavy atom. The number of alkyl halides is 7. The van der Waals surface area contributed by atoms with E-state index in [1.807, 2.05) is 47.4 Å². The van der Waals surface area contributed by atoms with Crippen LogP contribution in [-0.4, -0.2) is 108 Å². The molecule has 0 atom stereocenters. The fraction of sp³-hybridized carbons (Fsp3) is 0.857. The van der Waals surface area contributed by atoms with Crippen LogP contribution in [0.4, 0.5) is 13.2 Å². The van der Waals surface area contributed by atoms with Gasteiger partial charge in [-0.15, -0.1) is 15.1 Å². The molecular weight excluding hydrogens is 1890 g/mol. The van der Waals surface area contributed by atoms with Crippen molar-refractivity contribution in [3.63, 3.8) is 0 Å². The Morgan fingerprint density at radius 2 is 1.06 bits per heavy atom. The standard InChI is InChI=1S/C4H6F3NOS.C3H6N2OS.C3H6N2S.C2H7NOS.C2H7NS.C2H6S.CH2I2.2CH3I.2CH4.5HI.2V/c1-10(2)8-3(9)4(5,6)7;1-7(2,6)5-3-4;1-6(2)5-3-4;1-5(2,3)4;1-4(2)3;1-3-2;2-1-3;2*1-2;;;;;;;;;/h1-2H3;1-2H3;1-2H3;3H,1-2H3;3H,1-2H3;1-2H3;1H2;2*1H3;2*1H4;5*1H;;/q;;;;;;;;;;;;;;;;+2;+3/p-5. The van der Waals surface area contributed by atoms with Crippen LogP contribution in [0.1, 0.15) is 14.9 Å². The van der Waals surface area contributed by atoms with E-state index in [-0.39, 0.29) is 41.2 Å². The van der Waals surface area contributed by atoms with E-state index in [1.165, 1.54) is 46.2 Å². The molecule has 0 aliphatic rings. The molecule has 0 aromatic rings. The molecule has 0 rings (SSSR count). The first-order valence-corrected chi connectivity index (χ1v) is 52.7. The number of hydrogen-bond acceptors (Lipinski definition) is 10. The van der Waals surface area contributed by atoms with Gasteiger partial charge < -0.3 is 0 Å². The van der Waals surface area contributed by atoms with Crippen LogP contribution in [0.2, 0.25) is 0 Å². The van der Waals surface area contributed by atoms with Crippen LogP contribution < -0.4 is 0 Å². The Hall–Kier alpha value is 6.88. The molecule has 1 amide bonds. The van der Waals surface area contributed by atoms with Crippen LogP contribution >= 0.6 is 202 Å². The predicted molar refractivity (Wildman–Crippen MR) is 308 cm³/mol. The number of nitrogens with one attached hydrogen (secondary N) is 2. The van der Waals surface area contributed by atoms with Gasteiger partial charge in [-0.1, -0.05) is 127 Å². The Labute approximate surface area is 444 Å². The van der Waals surface area contributed by atoms with Gasteiger partial charge in [0.2, 0.25) is 12.4 Å². The summed E-state index contributed by atoms with van der Waals surface area (Å²) in [5, 5.41) is 15.6. The third-order valence-corrected chi connectivity index (χ3v) is 2.49. The Bertz CT molecular complexity index is 1070. The summed E-state index contributed by atoms with van der Waals surface area (Å²) in [5.41, 5.74) is 0. The van der Waals surface area contributed by atoms with E-state index in [0.717, 1.165) is 0 Å². The average Bonchev–Trinajstić information content (AvgIpc) is 2.85. The topological polar surface area (TPSA) is 184 Å². The number of halogens is 12. The number of rotatable bonds is 0. The molecule has 0 aliphatic heterocycles. The summed E-state index contributed by atoms with van der Waals surface area (Å²) in [4.78, 5) is 13.7. The zero-order chi connectivity index (χ0) is 43.0. The summed E-state index contributed by atoms with van der Waals surface area (Å²) in [5.74, 6) is -2.00. The van der Waals surface area contributed by atoms with Crippen molar-refractivity contribution in [1.82, 2.24) is 0 Å². The molecule has 30 heteroatoms. The number of hydrogen-bond donors (Lipinski definition) is 2. The SMILES string of the molecule is C.C.CI.CI.CS(C)(=N)=O.CS(C)(=O)=NC#N.CS(C)=N.CS(C)=NC#N.CS(C)=NC(=O)C(F)(F)F.CSC.ICI.[I][V]([I])[I].[I][V][I]. The van der Waals surface area contributed by atoms with Crippen LogP contribution in [-0.2, 0) is 70.7 Å². The zero-order valence-electron chi connectivity index (χ0n) is 29.0. The van der Waals surface area contributed by atoms with Crippen LogP contribution in [0.3, 0.4) is 0 Å². The minimum absolute atomic E-state index is 0. The molecule has 0 fully saturated rings. The van der Waals surface area contributed by atoms with Crippen molar-refractivity contribution in [2.75, 3.05) is 87.4 Å². The van der Waals surface area contributed by atoms with E-state index >= 15 is 0 Å². The van der Waals surface area contributed by atoms with Gasteiger partial charge in [0, 0.05) is 34.8 Å². The molecule has 51 heavy (non-hydrogen) atoms. The second-order valence-corrected chi connectivity index (χ2v) is 69.3. The average molecular weight is 1950 g/mol. The molecule has 0 heterocycles. The summed E-state index contributed by atoms with van der Waals surface area (Å²) in [6.45, 7) is 0. The van der Waals surface area contributed by atoms with E-state index in [0.29, 0.717) is 9.47 Å². The molecule has 10 nitrogen and oxygen atoms in total. The molecule has 321 valence electrons. The van der Waals surface area contributed by atoms with E-state index in [9.17, 15) is 26.4 Å². The van der Waals surface area contributed by atoms with Crippen molar-refractivity contribution in [3.05, 3.63) is 0 Å². The minimum atomic E-state index is -4.81. The number of carbonyl (C=O) groups excluding carboxylic acids is 1. The van der Waals surface area contributed by atoms with Gasteiger partial charge in [0.25, 0.3) is 0 Å². The van der Waals surface area contributed by atoms with Crippen molar-refractivity contribution in [2.24, 2.45) is 13.1 Å². The molecule has 0 spiro atoms. The maximum absolute atomic E-state index is 11.4. The third kappa shape index (κ3) is 300. The van der Waals surface area contributed by atoms with Gasteiger partial charge in [-0.3, -0.25) is 18.6 Å². The molecule has 0 aromatic carbocycles. The number of amides is 1. The zero-order valence-corrected chi connectivity index (χ0v) is 56.2. The van der Waals surface area contributed by atoms with E-state index in [1.54, 1.807) is 18.0 Å². The molecule has 0 bridgehead atoms. The van der Waals surface area contributed by atoms with E-state index in [2.05, 4.69) is 203 Å². The summed E-state index contributed by atoms with van der Waals surface area (Å²) in [6, 6.07) is 0. The Morgan fingerprint density at radius 1 is 0.863 bits per heavy atom. The second-order valence-electron chi connectivity index (χ2n) is 6.82. The normalized spacial score (nSPS) is 8.31. The fourth-order valence-electron chi connectivity index (χ4n) is 0.398. The molecule has 0 saturated heterocycles. The van der Waals surface area contributed by atoms with Crippen LogP contribution in [0, 0.1) is 32.5 Å². The van der Waals surface area contributed by atoms with Gasteiger partial charge in [-0.05, 0) is 59.9 Å². The molecule has 0 unspecified atom stereocenters. The second kappa shape index (κ2) is 77.5. The van der Waals surface area contributed by atoms with Crippen molar-refractivity contribution >= 4 is 259 Å². The Balaban J connectivity index is -0.0000000293. The van der Waals surface area contributed by atoms with Gasteiger partial charge in [-0.25, -0.2) is 4.21 Å². The molecular formula is C21H54F3I9N7O3S6V2. The Kier molecular flexibility index (Phi) is 141. The quantitative estimate of drug-likeness (QED) is 0.138. The fourth-order valence-corrected chi connectivity index (χ4v) is 1.19. The van der Waals surface area contributed by atoms with Gasteiger partial charge in [-0.2, -0.15) is 44.2 Å². The van der Waals surface area contributed by atoms with Crippen molar-refractivity contribution in [3.8, 4) is 12.4 Å². The van der Waals surface area contributed by atoms with Gasteiger partial charge >= 0.3 is 126 Å². The van der Waals surface area contributed by atoms with E-state index in [4.69, 9.17) is 20.1 Å². The monoisotopic (exact) mass is 1950 g/mol. The maximum atomic E-state index is 11.4. The van der Waals surface area contributed by atoms with Crippen LogP contribution in [0.15, 0.2) is 13.1 Å².